The molecule has 1 heterocycles. The average molecular weight is 282 g/mol. The Morgan fingerprint density at radius 3 is 2.65 bits per heavy atom. The molecule has 0 unspecified atom stereocenters. The monoisotopic (exact) mass is 282 g/mol. The second-order valence-electron chi connectivity index (χ2n) is 3.59. The molecule has 0 aliphatic heterocycles. The van der Waals surface area contributed by atoms with Gasteiger partial charge in [0.25, 0.3) is 5.88 Å². The largest absolute Gasteiger partial charge is 0.476 e. The van der Waals surface area contributed by atoms with Crippen molar-refractivity contribution in [3.63, 3.8) is 0 Å². The quantitative estimate of drug-likeness (QED) is 0.636. The van der Waals surface area contributed by atoms with E-state index in [-0.39, 0.29) is 23.2 Å². The summed E-state index contributed by atoms with van der Waals surface area (Å²) in [7, 11) is 1.20. The van der Waals surface area contributed by atoms with Crippen LogP contribution in [0.1, 0.15) is 0 Å². The van der Waals surface area contributed by atoms with Gasteiger partial charge in [0.15, 0.2) is 11.6 Å². The Kier molecular flexibility index (Phi) is 3.74. The maximum atomic E-state index is 13.4. The highest BCUT2D eigenvalue weighted by Gasteiger charge is 2.18. The van der Waals surface area contributed by atoms with Crippen LogP contribution in [0, 0.1) is 21.7 Å². The van der Waals surface area contributed by atoms with Crippen molar-refractivity contribution in [3.8, 4) is 17.5 Å². The van der Waals surface area contributed by atoms with Gasteiger partial charge in [0.1, 0.15) is 0 Å². The van der Waals surface area contributed by atoms with Crippen molar-refractivity contribution >= 4 is 5.69 Å². The number of nitro groups is 1. The van der Waals surface area contributed by atoms with E-state index in [0.717, 1.165) is 18.2 Å². The summed E-state index contributed by atoms with van der Waals surface area (Å²) < 4.78 is 36.2. The standard InChI is InChI=1S/C12H8F2N2O4/c1-19-12-8(16(17)18)5-6-10(15-12)20-9-4-2-3-7(13)11(9)14/h2-6H,1H3. The number of methoxy groups -OCH3 is 1. The van der Waals surface area contributed by atoms with Crippen molar-refractivity contribution in [2.75, 3.05) is 7.11 Å². The number of ether oxygens (including phenoxy) is 2. The fourth-order valence-electron chi connectivity index (χ4n) is 1.44. The Hall–Kier alpha value is -2.77. The predicted molar refractivity (Wildman–Crippen MR) is 63.9 cm³/mol. The van der Waals surface area contributed by atoms with Crippen molar-refractivity contribution in [2.45, 2.75) is 0 Å². The van der Waals surface area contributed by atoms with Gasteiger partial charge in [-0.1, -0.05) is 6.07 Å². The molecule has 20 heavy (non-hydrogen) atoms. The van der Waals surface area contributed by atoms with Gasteiger partial charge in [-0.25, -0.2) is 4.39 Å². The van der Waals surface area contributed by atoms with Crippen LogP contribution >= 0.6 is 0 Å². The molecule has 0 spiro atoms. The summed E-state index contributed by atoms with van der Waals surface area (Å²) in [6.45, 7) is 0. The van der Waals surface area contributed by atoms with E-state index in [1.165, 1.54) is 19.2 Å². The Labute approximate surface area is 111 Å². The third kappa shape index (κ3) is 2.63. The molecule has 1 aromatic heterocycles. The van der Waals surface area contributed by atoms with Crippen molar-refractivity contribution < 1.29 is 23.2 Å². The van der Waals surface area contributed by atoms with Gasteiger partial charge < -0.3 is 9.47 Å². The van der Waals surface area contributed by atoms with E-state index in [2.05, 4.69) is 4.98 Å². The molecule has 0 saturated heterocycles. The van der Waals surface area contributed by atoms with E-state index < -0.39 is 16.6 Å². The molecule has 0 atom stereocenters. The maximum absolute atomic E-state index is 13.4. The van der Waals surface area contributed by atoms with Crippen LogP contribution in [-0.4, -0.2) is 17.0 Å². The first-order chi connectivity index (χ1) is 9.52. The van der Waals surface area contributed by atoms with Gasteiger partial charge in [0, 0.05) is 12.1 Å². The highest BCUT2D eigenvalue weighted by atomic mass is 19.2. The topological polar surface area (TPSA) is 74.5 Å². The van der Waals surface area contributed by atoms with Crippen molar-refractivity contribution in [3.05, 3.63) is 52.1 Å². The van der Waals surface area contributed by atoms with Crippen molar-refractivity contribution in [1.82, 2.24) is 4.98 Å². The summed E-state index contributed by atoms with van der Waals surface area (Å²) in [6, 6.07) is 5.65. The maximum Gasteiger partial charge on any atom is 0.331 e. The molecule has 0 saturated carbocycles. The van der Waals surface area contributed by atoms with Gasteiger partial charge in [-0.15, -0.1) is 0 Å². The van der Waals surface area contributed by atoms with Crippen LogP contribution in [-0.2, 0) is 0 Å². The minimum atomic E-state index is -1.17. The zero-order valence-corrected chi connectivity index (χ0v) is 10.2. The Bertz CT molecular complexity index is 664. The molecule has 2 rings (SSSR count). The molecule has 6 nitrogen and oxygen atoms in total. The lowest BCUT2D eigenvalue weighted by atomic mass is 10.3. The van der Waals surface area contributed by atoms with Crippen LogP contribution in [0.15, 0.2) is 30.3 Å². The zero-order chi connectivity index (χ0) is 14.7. The number of nitrogens with zero attached hydrogens (tertiary/aromatic N) is 2. The molecule has 104 valence electrons. The Morgan fingerprint density at radius 2 is 2.00 bits per heavy atom. The molecule has 0 fully saturated rings. The van der Waals surface area contributed by atoms with Gasteiger partial charge in [0.05, 0.1) is 12.0 Å². The summed E-state index contributed by atoms with van der Waals surface area (Å²) in [4.78, 5) is 13.7. The lowest BCUT2D eigenvalue weighted by Gasteiger charge is -2.07. The van der Waals surface area contributed by atoms with Crippen LogP contribution in [0.25, 0.3) is 0 Å². The number of rotatable bonds is 4. The van der Waals surface area contributed by atoms with Crippen molar-refractivity contribution in [1.29, 1.82) is 0 Å². The third-order valence-corrected chi connectivity index (χ3v) is 2.34. The van der Waals surface area contributed by atoms with E-state index in [4.69, 9.17) is 9.47 Å². The molecule has 0 radical (unpaired) electrons. The number of halogens is 2. The fraction of sp³-hybridized carbons (Fsp3) is 0.0833. The molecular formula is C12H8F2N2O4. The lowest BCUT2D eigenvalue weighted by Crippen LogP contribution is -1.98. The molecule has 0 N–H and O–H groups in total. The number of benzene rings is 1. The second kappa shape index (κ2) is 5.47. The second-order valence-corrected chi connectivity index (χ2v) is 3.59. The first kappa shape index (κ1) is 13.7. The summed E-state index contributed by atoms with van der Waals surface area (Å²) >= 11 is 0. The van der Waals surface area contributed by atoms with Gasteiger partial charge in [0.2, 0.25) is 11.7 Å². The fourth-order valence-corrected chi connectivity index (χ4v) is 1.44. The summed E-state index contributed by atoms with van der Waals surface area (Å²) in [5.74, 6) is -3.07. The first-order valence-corrected chi connectivity index (χ1v) is 5.34. The van der Waals surface area contributed by atoms with Gasteiger partial charge in [-0.3, -0.25) is 10.1 Å². The number of hydrogen-bond donors (Lipinski definition) is 0. The van der Waals surface area contributed by atoms with Crippen LogP contribution < -0.4 is 9.47 Å². The molecule has 2 aromatic rings. The van der Waals surface area contributed by atoms with E-state index in [1.54, 1.807) is 0 Å². The van der Waals surface area contributed by atoms with Crippen LogP contribution in [0.4, 0.5) is 14.5 Å². The van der Waals surface area contributed by atoms with Crippen LogP contribution in [0.2, 0.25) is 0 Å². The first-order valence-electron chi connectivity index (χ1n) is 5.34. The van der Waals surface area contributed by atoms with Gasteiger partial charge in [-0.05, 0) is 12.1 Å². The van der Waals surface area contributed by atoms with Crippen LogP contribution in [0.5, 0.6) is 17.5 Å². The third-order valence-electron chi connectivity index (χ3n) is 2.34. The normalized spacial score (nSPS) is 10.2. The van der Waals surface area contributed by atoms with Crippen LogP contribution in [0.3, 0.4) is 0 Å². The Morgan fingerprint density at radius 1 is 1.25 bits per heavy atom. The zero-order valence-electron chi connectivity index (χ0n) is 10.2. The number of hydrogen-bond acceptors (Lipinski definition) is 5. The van der Waals surface area contributed by atoms with Gasteiger partial charge in [-0.2, -0.15) is 9.37 Å². The van der Waals surface area contributed by atoms with E-state index >= 15 is 0 Å². The molecular weight excluding hydrogens is 274 g/mol. The molecule has 8 heteroatoms. The van der Waals surface area contributed by atoms with E-state index in [0.29, 0.717) is 0 Å². The summed E-state index contributed by atoms with van der Waals surface area (Å²) in [6.07, 6.45) is 0. The van der Waals surface area contributed by atoms with Crippen molar-refractivity contribution in [2.24, 2.45) is 0 Å². The minimum Gasteiger partial charge on any atom is -0.476 e. The lowest BCUT2D eigenvalue weighted by molar-refractivity contribution is -0.386. The smallest absolute Gasteiger partial charge is 0.331 e. The predicted octanol–water partition coefficient (Wildman–Crippen LogP) is 3.07. The molecule has 0 aliphatic rings. The van der Waals surface area contributed by atoms with E-state index in [9.17, 15) is 18.9 Å². The number of aromatic nitrogens is 1. The highest BCUT2D eigenvalue weighted by Crippen LogP contribution is 2.30. The SMILES string of the molecule is COc1nc(Oc2cccc(F)c2F)ccc1[N+](=O)[O-]. The average Bonchev–Trinajstić information content (AvgIpc) is 2.43. The number of pyridine rings is 1. The van der Waals surface area contributed by atoms with Gasteiger partial charge >= 0.3 is 5.69 Å². The molecule has 0 aliphatic carbocycles. The molecule has 0 bridgehead atoms. The minimum absolute atomic E-state index is 0.156. The summed E-state index contributed by atoms with van der Waals surface area (Å²) in [5, 5.41) is 10.7. The highest BCUT2D eigenvalue weighted by molar-refractivity contribution is 5.43. The van der Waals surface area contributed by atoms with E-state index in [1.807, 2.05) is 0 Å². The Balaban J connectivity index is 2.35. The molecule has 0 amide bonds. The summed E-state index contributed by atoms with van der Waals surface area (Å²) in [5.41, 5.74) is -0.362. The molecule has 1 aromatic carbocycles.